The number of aromatic nitrogens is 1. The molecule has 1 aliphatic rings. The second kappa shape index (κ2) is 5.74. The van der Waals surface area contributed by atoms with Gasteiger partial charge in [0.1, 0.15) is 0 Å². The molecule has 1 aromatic heterocycles. The van der Waals surface area contributed by atoms with Gasteiger partial charge in [0.2, 0.25) is 0 Å². The SMILES string of the molecule is O=C(NCc1cccnc1)NC1CC1c1ccccc1. The van der Waals surface area contributed by atoms with Crippen molar-refractivity contribution in [1.82, 2.24) is 15.6 Å². The third-order valence-electron chi connectivity index (χ3n) is 3.51. The van der Waals surface area contributed by atoms with Crippen LogP contribution in [0.3, 0.4) is 0 Å². The number of amides is 2. The van der Waals surface area contributed by atoms with E-state index in [4.69, 9.17) is 0 Å². The first-order chi connectivity index (χ1) is 9.83. The third kappa shape index (κ3) is 3.15. The van der Waals surface area contributed by atoms with E-state index in [0.29, 0.717) is 12.5 Å². The van der Waals surface area contributed by atoms with Crippen LogP contribution in [0.4, 0.5) is 4.79 Å². The average molecular weight is 267 g/mol. The van der Waals surface area contributed by atoms with Crippen molar-refractivity contribution in [3.8, 4) is 0 Å². The highest BCUT2D eigenvalue weighted by Crippen LogP contribution is 2.40. The lowest BCUT2D eigenvalue weighted by Crippen LogP contribution is -2.36. The summed E-state index contributed by atoms with van der Waals surface area (Å²) >= 11 is 0. The summed E-state index contributed by atoms with van der Waals surface area (Å²) in [6.45, 7) is 0.502. The largest absolute Gasteiger partial charge is 0.335 e. The van der Waals surface area contributed by atoms with E-state index in [-0.39, 0.29) is 12.1 Å². The van der Waals surface area contributed by atoms with Gasteiger partial charge in [-0.15, -0.1) is 0 Å². The molecule has 1 aliphatic carbocycles. The van der Waals surface area contributed by atoms with E-state index in [1.165, 1.54) is 5.56 Å². The van der Waals surface area contributed by atoms with Crippen LogP contribution in [0.15, 0.2) is 54.9 Å². The lowest BCUT2D eigenvalue weighted by Gasteiger charge is -2.07. The maximum Gasteiger partial charge on any atom is 0.315 e. The molecular weight excluding hydrogens is 250 g/mol. The molecule has 4 heteroatoms. The van der Waals surface area contributed by atoms with Crippen molar-refractivity contribution in [2.24, 2.45) is 0 Å². The Balaban J connectivity index is 1.45. The minimum Gasteiger partial charge on any atom is -0.335 e. The second-order valence-electron chi connectivity index (χ2n) is 5.05. The van der Waals surface area contributed by atoms with Gasteiger partial charge in [0.25, 0.3) is 0 Å². The van der Waals surface area contributed by atoms with Crippen molar-refractivity contribution in [1.29, 1.82) is 0 Å². The molecule has 0 bridgehead atoms. The Labute approximate surface area is 118 Å². The molecule has 1 aromatic carbocycles. The van der Waals surface area contributed by atoms with E-state index in [1.807, 2.05) is 30.3 Å². The van der Waals surface area contributed by atoms with Gasteiger partial charge in [-0.3, -0.25) is 4.98 Å². The van der Waals surface area contributed by atoms with Gasteiger partial charge in [0, 0.05) is 30.9 Å². The average Bonchev–Trinajstić information content (AvgIpc) is 3.26. The fraction of sp³-hybridized carbons (Fsp3) is 0.250. The normalized spacial score (nSPS) is 20.2. The molecule has 2 aromatic rings. The molecule has 1 heterocycles. The topological polar surface area (TPSA) is 54.0 Å². The molecule has 2 amide bonds. The van der Waals surface area contributed by atoms with Gasteiger partial charge in [0.05, 0.1) is 0 Å². The number of hydrogen-bond donors (Lipinski definition) is 2. The van der Waals surface area contributed by atoms with Crippen molar-refractivity contribution >= 4 is 6.03 Å². The molecule has 0 saturated heterocycles. The number of nitrogens with zero attached hydrogens (tertiary/aromatic N) is 1. The highest BCUT2D eigenvalue weighted by atomic mass is 16.2. The van der Waals surface area contributed by atoms with E-state index in [1.54, 1.807) is 12.4 Å². The first-order valence-corrected chi connectivity index (χ1v) is 6.81. The van der Waals surface area contributed by atoms with E-state index in [9.17, 15) is 4.79 Å². The Morgan fingerprint density at radius 2 is 2.05 bits per heavy atom. The second-order valence-corrected chi connectivity index (χ2v) is 5.05. The molecule has 20 heavy (non-hydrogen) atoms. The summed E-state index contributed by atoms with van der Waals surface area (Å²) in [4.78, 5) is 15.8. The van der Waals surface area contributed by atoms with Gasteiger partial charge in [0.15, 0.2) is 0 Å². The van der Waals surface area contributed by atoms with E-state index < -0.39 is 0 Å². The van der Waals surface area contributed by atoms with Crippen molar-refractivity contribution in [2.75, 3.05) is 0 Å². The van der Waals surface area contributed by atoms with Gasteiger partial charge in [-0.1, -0.05) is 36.4 Å². The first-order valence-electron chi connectivity index (χ1n) is 6.81. The van der Waals surface area contributed by atoms with Crippen LogP contribution in [0.1, 0.15) is 23.5 Å². The molecule has 2 unspecified atom stereocenters. The van der Waals surface area contributed by atoms with Gasteiger partial charge in [-0.25, -0.2) is 4.79 Å². The molecule has 2 N–H and O–H groups in total. The number of benzene rings is 1. The van der Waals surface area contributed by atoms with Crippen LogP contribution in [0.2, 0.25) is 0 Å². The van der Waals surface area contributed by atoms with E-state index in [2.05, 4.69) is 27.8 Å². The highest BCUT2D eigenvalue weighted by molar-refractivity contribution is 5.74. The van der Waals surface area contributed by atoms with Gasteiger partial charge in [-0.2, -0.15) is 0 Å². The zero-order valence-corrected chi connectivity index (χ0v) is 11.1. The number of pyridine rings is 1. The van der Waals surface area contributed by atoms with Crippen molar-refractivity contribution in [2.45, 2.75) is 24.9 Å². The highest BCUT2D eigenvalue weighted by Gasteiger charge is 2.39. The van der Waals surface area contributed by atoms with Crippen LogP contribution in [0, 0.1) is 0 Å². The molecule has 1 saturated carbocycles. The van der Waals surface area contributed by atoms with Crippen LogP contribution in [0.25, 0.3) is 0 Å². The fourth-order valence-electron chi connectivity index (χ4n) is 2.33. The number of hydrogen-bond acceptors (Lipinski definition) is 2. The predicted molar refractivity (Wildman–Crippen MR) is 77.2 cm³/mol. The lowest BCUT2D eigenvalue weighted by atomic mass is 10.1. The molecule has 102 valence electrons. The van der Waals surface area contributed by atoms with Crippen LogP contribution >= 0.6 is 0 Å². The van der Waals surface area contributed by atoms with Crippen LogP contribution in [-0.2, 0) is 6.54 Å². The summed E-state index contributed by atoms with van der Waals surface area (Å²) in [5, 5.41) is 5.85. The molecular formula is C16H17N3O. The summed E-state index contributed by atoms with van der Waals surface area (Å²) in [5.41, 5.74) is 2.29. The van der Waals surface area contributed by atoms with Crippen LogP contribution in [0.5, 0.6) is 0 Å². The zero-order chi connectivity index (χ0) is 13.8. The standard InChI is InChI=1S/C16H17N3O/c20-16(18-11-12-5-4-8-17-10-12)19-15-9-14(15)13-6-2-1-3-7-13/h1-8,10,14-15H,9,11H2,(H2,18,19,20). The predicted octanol–water partition coefficient (Wildman–Crippen LogP) is 2.44. The molecule has 1 fully saturated rings. The van der Waals surface area contributed by atoms with Crippen molar-refractivity contribution in [3.63, 3.8) is 0 Å². The minimum atomic E-state index is -0.114. The molecule has 0 spiro atoms. The summed E-state index contributed by atoms with van der Waals surface area (Å²) < 4.78 is 0. The number of nitrogens with one attached hydrogen (secondary N) is 2. The Morgan fingerprint density at radius 1 is 1.20 bits per heavy atom. The van der Waals surface area contributed by atoms with Crippen molar-refractivity contribution in [3.05, 3.63) is 66.0 Å². The molecule has 3 rings (SSSR count). The Morgan fingerprint density at radius 3 is 2.80 bits per heavy atom. The zero-order valence-electron chi connectivity index (χ0n) is 11.1. The Kier molecular flexibility index (Phi) is 3.63. The molecule has 2 atom stereocenters. The smallest absolute Gasteiger partial charge is 0.315 e. The summed E-state index contributed by atoms with van der Waals surface area (Å²) in [6.07, 6.45) is 4.49. The van der Waals surface area contributed by atoms with Gasteiger partial charge in [-0.05, 0) is 23.6 Å². The maximum atomic E-state index is 11.8. The maximum absolute atomic E-state index is 11.8. The van der Waals surface area contributed by atoms with Crippen LogP contribution in [-0.4, -0.2) is 17.1 Å². The minimum absolute atomic E-state index is 0.114. The Bertz CT molecular complexity index is 571. The van der Waals surface area contributed by atoms with Gasteiger partial charge >= 0.3 is 6.03 Å². The molecule has 4 nitrogen and oxygen atoms in total. The van der Waals surface area contributed by atoms with Gasteiger partial charge < -0.3 is 10.6 Å². The lowest BCUT2D eigenvalue weighted by molar-refractivity contribution is 0.240. The molecule has 0 radical (unpaired) electrons. The van der Waals surface area contributed by atoms with E-state index >= 15 is 0 Å². The van der Waals surface area contributed by atoms with E-state index in [0.717, 1.165) is 12.0 Å². The monoisotopic (exact) mass is 267 g/mol. The summed E-state index contributed by atoms with van der Waals surface area (Å²) in [6, 6.07) is 14.2. The number of urea groups is 1. The Hall–Kier alpha value is -2.36. The number of rotatable bonds is 4. The number of carbonyl (C=O) groups is 1. The summed E-state index contributed by atoms with van der Waals surface area (Å²) in [5.74, 6) is 0.459. The molecule has 0 aliphatic heterocycles. The fourth-order valence-corrected chi connectivity index (χ4v) is 2.33. The summed E-state index contributed by atoms with van der Waals surface area (Å²) in [7, 11) is 0. The third-order valence-corrected chi connectivity index (χ3v) is 3.51. The number of carbonyl (C=O) groups excluding carboxylic acids is 1. The van der Waals surface area contributed by atoms with Crippen LogP contribution < -0.4 is 10.6 Å². The van der Waals surface area contributed by atoms with Crippen molar-refractivity contribution < 1.29 is 4.79 Å². The first kappa shape index (κ1) is 12.7. The quantitative estimate of drug-likeness (QED) is 0.894.